The summed E-state index contributed by atoms with van der Waals surface area (Å²) in [5.41, 5.74) is -0.182. The molecule has 0 amide bonds. The van der Waals surface area contributed by atoms with Crippen molar-refractivity contribution in [3.8, 4) is 11.5 Å². The van der Waals surface area contributed by atoms with E-state index < -0.39 is 5.60 Å². The lowest BCUT2D eigenvalue weighted by atomic mass is 9.90. The number of benzene rings is 2. The van der Waals surface area contributed by atoms with E-state index in [2.05, 4.69) is 15.9 Å². The summed E-state index contributed by atoms with van der Waals surface area (Å²) in [6, 6.07) is 15.2. The van der Waals surface area contributed by atoms with Crippen molar-refractivity contribution in [1.82, 2.24) is 0 Å². The average molecular weight is 370 g/mol. The van der Waals surface area contributed by atoms with E-state index in [4.69, 9.17) is 16.3 Å². The second kappa shape index (κ2) is 7.30. The number of para-hydroxylation sites is 1. The van der Waals surface area contributed by atoms with Gasteiger partial charge < -0.3 is 9.84 Å². The van der Waals surface area contributed by atoms with Gasteiger partial charge in [-0.2, -0.15) is 0 Å². The molecule has 0 aliphatic heterocycles. The molecule has 0 heterocycles. The van der Waals surface area contributed by atoms with Gasteiger partial charge in [-0.15, -0.1) is 11.6 Å². The molecule has 2 aromatic carbocycles. The van der Waals surface area contributed by atoms with Crippen molar-refractivity contribution in [1.29, 1.82) is 0 Å². The zero-order chi connectivity index (χ0) is 15.3. The van der Waals surface area contributed by atoms with Crippen LogP contribution in [-0.2, 0) is 5.60 Å². The predicted molar refractivity (Wildman–Crippen MR) is 90.2 cm³/mol. The molecule has 0 saturated heterocycles. The average Bonchev–Trinajstić information content (AvgIpc) is 2.48. The Hall–Kier alpha value is -1.03. The number of halogens is 2. The molecular weight excluding hydrogens is 352 g/mol. The molecule has 0 aliphatic rings. The fourth-order valence-corrected chi connectivity index (χ4v) is 2.57. The molecule has 0 aromatic heterocycles. The van der Waals surface area contributed by atoms with Gasteiger partial charge in [-0.25, -0.2) is 0 Å². The Morgan fingerprint density at radius 3 is 2.48 bits per heavy atom. The molecule has 2 rings (SSSR count). The molecule has 0 radical (unpaired) electrons. The van der Waals surface area contributed by atoms with Gasteiger partial charge in [0.1, 0.15) is 11.5 Å². The Kier molecular flexibility index (Phi) is 5.68. The van der Waals surface area contributed by atoms with Crippen LogP contribution >= 0.6 is 27.5 Å². The van der Waals surface area contributed by atoms with E-state index in [1.54, 1.807) is 6.92 Å². The Morgan fingerprint density at radius 1 is 1.14 bits per heavy atom. The highest BCUT2D eigenvalue weighted by Gasteiger charge is 2.26. The summed E-state index contributed by atoms with van der Waals surface area (Å²) < 4.78 is 6.91. The minimum Gasteiger partial charge on any atom is -0.457 e. The number of hydrogen-bond acceptors (Lipinski definition) is 2. The van der Waals surface area contributed by atoms with Crippen molar-refractivity contribution in [2.45, 2.75) is 25.4 Å². The molecule has 0 saturated carbocycles. The van der Waals surface area contributed by atoms with Crippen molar-refractivity contribution >= 4 is 27.5 Å². The molecule has 1 unspecified atom stereocenters. The van der Waals surface area contributed by atoms with Crippen LogP contribution in [0, 0.1) is 0 Å². The number of hydrogen-bond donors (Lipinski definition) is 1. The topological polar surface area (TPSA) is 29.5 Å². The Bertz CT molecular complexity index is 582. The van der Waals surface area contributed by atoms with E-state index in [1.165, 1.54) is 0 Å². The standard InChI is InChI=1S/C17H18BrClO2/c1-17(20,11-4-12-19)15-5-2-3-6-16(15)21-14-9-7-13(18)8-10-14/h2-3,5-10,20H,4,11-12H2,1H3. The molecule has 0 fully saturated rings. The zero-order valence-electron chi connectivity index (χ0n) is 11.9. The van der Waals surface area contributed by atoms with Gasteiger partial charge >= 0.3 is 0 Å². The summed E-state index contributed by atoms with van der Waals surface area (Å²) in [6.45, 7) is 1.79. The van der Waals surface area contributed by atoms with Crippen molar-refractivity contribution in [3.63, 3.8) is 0 Å². The quantitative estimate of drug-likeness (QED) is 0.684. The van der Waals surface area contributed by atoms with E-state index in [9.17, 15) is 5.11 Å². The third-order valence-electron chi connectivity index (χ3n) is 3.31. The van der Waals surface area contributed by atoms with E-state index in [0.717, 1.165) is 22.2 Å². The van der Waals surface area contributed by atoms with E-state index in [0.29, 0.717) is 18.1 Å². The number of ether oxygens (including phenoxy) is 1. The van der Waals surface area contributed by atoms with E-state index >= 15 is 0 Å². The smallest absolute Gasteiger partial charge is 0.133 e. The minimum absolute atomic E-state index is 0.534. The van der Waals surface area contributed by atoms with Crippen molar-refractivity contribution in [2.75, 3.05) is 5.88 Å². The molecule has 112 valence electrons. The summed E-state index contributed by atoms with van der Waals surface area (Å²) in [6.07, 6.45) is 1.35. The summed E-state index contributed by atoms with van der Waals surface area (Å²) in [5, 5.41) is 10.7. The summed E-state index contributed by atoms with van der Waals surface area (Å²) in [5.74, 6) is 1.93. The molecule has 2 nitrogen and oxygen atoms in total. The molecule has 1 atom stereocenters. The lowest BCUT2D eigenvalue weighted by molar-refractivity contribution is 0.0452. The first kappa shape index (κ1) is 16.3. The summed E-state index contributed by atoms with van der Waals surface area (Å²) in [4.78, 5) is 0. The first-order valence-corrected chi connectivity index (χ1v) is 8.17. The van der Waals surface area contributed by atoms with Crippen molar-refractivity contribution in [2.24, 2.45) is 0 Å². The Morgan fingerprint density at radius 2 is 1.81 bits per heavy atom. The van der Waals surface area contributed by atoms with Gasteiger partial charge in [0.05, 0.1) is 5.60 Å². The van der Waals surface area contributed by atoms with Gasteiger partial charge in [-0.3, -0.25) is 0 Å². The predicted octanol–water partition coefficient (Wildman–Crippen LogP) is 5.47. The van der Waals surface area contributed by atoms with E-state index in [1.807, 2.05) is 48.5 Å². The van der Waals surface area contributed by atoms with Crippen LogP contribution in [0.25, 0.3) is 0 Å². The number of rotatable bonds is 6. The molecule has 0 aliphatic carbocycles. The number of aliphatic hydroxyl groups is 1. The van der Waals surface area contributed by atoms with Crippen LogP contribution < -0.4 is 4.74 Å². The molecule has 1 N–H and O–H groups in total. The third-order valence-corrected chi connectivity index (χ3v) is 4.10. The van der Waals surface area contributed by atoms with Crippen LogP contribution in [0.1, 0.15) is 25.3 Å². The normalized spacial score (nSPS) is 13.7. The number of alkyl halides is 1. The van der Waals surface area contributed by atoms with Gasteiger partial charge in [-0.1, -0.05) is 34.1 Å². The van der Waals surface area contributed by atoms with Gasteiger partial charge in [-0.05, 0) is 50.1 Å². The van der Waals surface area contributed by atoms with Crippen LogP contribution in [0.2, 0.25) is 0 Å². The second-order valence-electron chi connectivity index (χ2n) is 5.12. The fraction of sp³-hybridized carbons (Fsp3) is 0.294. The maximum Gasteiger partial charge on any atom is 0.133 e. The first-order valence-electron chi connectivity index (χ1n) is 6.84. The minimum atomic E-state index is -0.957. The highest BCUT2D eigenvalue weighted by Crippen LogP contribution is 2.35. The van der Waals surface area contributed by atoms with Crippen LogP contribution in [0.3, 0.4) is 0 Å². The largest absolute Gasteiger partial charge is 0.457 e. The van der Waals surface area contributed by atoms with E-state index in [-0.39, 0.29) is 0 Å². The molecule has 21 heavy (non-hydrogen) atoms. The Balaban J connectivity index is 2.26. The monoisotopic (exact) mass is 368 g/mol. The zero-order valence-corrected chi connectivity index (χ0v) is 14.2. The summed E-state index contributed by atoms with van der Waals surface area (Å²) >= 11 is 9.13. The van der Waals surface area contributed by atoms with Gasteiger partial charge in [0, 0.05) is 15.9 Å². The maximum absolute atomic E-state index is 10.7. The lowest BCUT2D eigenvalue weighted by Crippen LogP contribution is -2.22. The Labute approximate surface area is 138 Å². The van der Waals surface area contributed by atoms with Crippen LogP contribution in [0.5, 0.6) is 11.5 Å². The molecule has 4 heteroatoms. The molecular formula is C17H18BrClO2. The molecule has 2 aromatic rings. The molecule has 0 spiro atoms. The van der Waals surface area contributed by atoms with Gasteiger partial charge in [0.2, 0.25) is 0 Å². The fourth-order valence-electron chi connectivity index (χ4n) is 2.18. The molecule has 0 bridgehead atoms. The maximum atomic E-state index is 10.7. The van der Waals surface area contributed by atoms with Crippen LogP contribution in [0.15, 0.2) is 53.0 Å². The van der Waals surface area contributed by atoms with Crippen molar-refractivity contribution < 1.29 is 9.84 Å². The van der Waals surface area contributed by atoms with Crippen molar-refractivity contribution in [3.05, 3.63) is 58.6 Å². The SMILES string of the molecule is CC(O)(CCCCl)c1ccccc1Oc1ccc(Br)cc1. The third kappa shape index (κ3) is 4.47. The summed E-state index contributed by atoms with van der Waals surface area (Å²) in [7, 11) is 0. The lowest BCUT2D eigenvalue weighted by Gasteiger charge is -2.26. The first-order chi connectivity index (χ1) is 10.0. The van der Waals surface area contributed by atoms with Crippen LogP contribution in [0.4, 0.5) is 0 Å². The highest BCUT2D eigenvalue weighted by molar-refractivity contribution is 9.10. The highest BCUT2D eigenvalue weighted by atomic mass is 79.9. The second-order valence-corrected chi connectivity index (χ2v) is 6.41. The van der Waals surface area contributed by atoms with Crippen LogP contribution in [-0.4, -0.2) is 11.0 Å². The van der Waals surface area contributed by atoms with Gasteiger partial charge in [0.15, 0.2) is 0 Å². The van der Waals surface area contributed by atoms with Gasteiger partial charge in [0.25, 0.3) is 0 Å².